The standard InChI is InChI=1S/C13H26NO3.F2NO4S2/c1-5-8-14(4,9-6-2)10-12(15)11-17-13(16)7-3;1-8(4,5)3-9(2,6)7/h7,12,15H,3,5-6,8-11H2,1-2,4H3;/q+1;-1. The summed E-state index contributed by atoms with van der Waals surface area (Å²) in [6.45, 7) is 10.3. The van der Waals surface area contributed by atoms with E-state index in [-0.39, 0.29) is 6.61 Å². The fourth-order valence-corrected chi connectivity index (χ4v) is 3.13. The van der Waals surface area contributed by atoms with Crippen molar-refractivity contribution in [2.45, 2.75) is 32.8 Å². The third-order valence-corrected chi connectivity index (χ3v) is 4.37. The van der Waals surface area contributed by atoms with Crippen molar-refractivity contribution in [3.8, 4) is 0 Å². The van der Waals surface area contributed by atoms with E-state index >= 15 is 0 Å². The monoisotopic (exact) mass is 424 g/mol. The Kier molecular flexibility index (Phi) is 12.8. The molecule has 0 aliphatic rings. The van der Waals surface area contributed by atoms with Gasteiger partial charge in [0.25, 0.3) is 0 Å². The van der Waals surface area contributed by atoms with Gasteiger partial charge in [0.15, 0.2) is 0 Å². The summed E-state index contributed by atoms with van der Waals surface area (Å²) in [5.41, 5.74) is 0. The van der Waals surface area contributed by atoms with Crippen molar-refractivity contribution in [3.63, 3.8) is 0 Å². The highest BCUT2D eigenvalue weighted by atomic mass is 32.3. The van der Waals surface area contributed by atoms with Gasteiger partial charge in [-0.25, -0.2) is 21.6 Å². The van der Waals surface area contributed by atoms with Crippen LogP contribution in [0.1, 0.15) is 26.7 Å². The van der Waals surface area contributed by atoms with Crippen LogP contribution in [0.5, 0.6) is 0 Å². The Labute approximate surface area is 153 Å². The first kappa shape index (κ1) is 27.1. The topological polar surface area (TPSA) is 129 Å². The van der Waals surface area contributed by atoms with E-state index < -0.39 is 32.9 Å². The highest BCUT2D eigenvalue weighted by Gasteiger charge is 2.24. The molecule has 0 radical (unpaired) electrons. The number of hydrogen-bond donors (Lipinski definition) is 1. The summed E-state index contributed by atoms with van der Waals surface area (Å²) in [5, 5.41) is 9.86. The van der Waals surface area contributed by atoms with Gasteiger partial charge in [-0.1, -0.05) is 20.4 Å². The minimum atomic E-state index is -5.62. The zero-order chi connectivity index (χ0) is 21.0. The van der Waals surface area contributed by atoms with E-state index in [1.165, 1.54) is 0 Å². The predicted molar refractivity (Wildman–Crippen MR) is 91.9 cm³/mol. The number of nitrogens with zero attached hydrogens (tertiary/aromatic N) is 2. The second-order valence-electron chi connectivity index (χ2n) is 5.64. The smallest absolute Gasteiger partial charge is 0.330 e. The normalized spacial score (nSPS) is 13.3. The van der Waals surface area contributed by atoms with Crippen molar-refractivity contribution in [2.75, 3.05) is 33.3 Å². The van der Waals surface area contributed by atoms with E-state index in [9.17, 15) is 34.5 Å². The first-order chi connectivity index (χ1) is 11.7. The van der Waals surface area contributed by atoms with Gasteiger partial charge in [0.1, 0.15) is 19.3 Å². The molecule has 0 aliphatic heterocycles. The minimum Gasteiger partial charge on any atom is -0.460 e. The van der Waals surface area contributed by atoms with Crippen LogP contribution in [0, 0.1) is 0 Å². The van der Waals surface area contributed by atoms with Crippen LogP contribution in [0.3, 0.4) is 0 Å². The number of quaternary nitrogens is 1. The largest absolute Gasteiger partial charge is 0.460 e. The van der Waals surface area contributed by atoms with Crippen molar-refractivity contribution in [2.24, 2.45) is 0 Å². The number of ether oxygens (including phenoxy) is 1. The molecule has 13 heteroatoms. The molecule has 156 valence electrons. The average molecular weight is 424 g/mol. The van der Waals surface area contributed by atoms with Gasteiger partial charge < -0.3 is 18.5 Å². The van der Waals surface area contributed by atoms with E-state index in [2.05, 4.69) is 27.5 Å². The van der Waals surface area contributed by atoms with Crippen LogP contribution in [-0.2, 0) is 30.3 Å². The Bertz CT molecular complexity index is 603. The van der Waals surface area contributed by atoms with Crippen molar-refractivity contribution in [1.82, 2.24) is 0 Å². The van der Waals surface area contributed by atoms with Gasteiger partial charge in [-0.2, -0.15) is 0 Å². The quantitative estimate of drug-likeness (QED) is 0.228. The molecule has 0 aliphatic carbocycles. The van der Waals surface area contributed by atoms with Crippen molar-refractivity contribution >= 4 is 26.8 Å². The van der Waals surface area contributed by atoms with Crippen LogP contribution >= 0.6 is 0 Å². The van der Waals surface area contributed by atoms with Crippen LogP contribution < -0.4 is 0 Å². The van der Waals surface area contributed by atoms with E-state index in [1.807, 2.05) is 0 Å². The number of likely N-dealkylation sites (N-methyl/N-ethyl adjacent to an activating group) is 1. The number of carbonyl (C=O) groups excluding carboxylic acids is 1. The molecule has 0 amide bonds. The van der Waals surface area contributed by atoms with Gasteiger partial charge in [0, 0.05) is 6.08 Å². The number of esters is 1. The number of rotatable bonds is 11. The second-order valence-corrected chi connectivity index (χ2v) is 7.88. The molecule has 0 saturated carbocycles. The summed E-state index contributed by atoms with van der Waals surface area (Å²) in [6, 6.07) is 0. The van der Waals surface area contributed by atoms with Crippen LogP contribution in [0.2, 0.25) is 0 Å². The van der Waals surface area contributed by atoms with Crippen LogP contribution in [0.15, 0.2) is 12.7 Å². The highest BCUT2D eigenvalue weighted by molar-refractivity contribution is 8.07. The van der Waals surface area contributed by atoms with Gasteiger partial charge >= 0.3 is 5.97 Å². The molecule has 0 bridgehead atoms. The fraction of sp³-hybridized carbons (Fsp3) is 0.769. The van der Waals surface area contributed by atoms with Gasteiger partial charge in [0.05, 0.1) is 20.1 Å². The molecule has 1 atom stereocenters. The summed E-state index contributed by atoms with van der Waals surface area (Å²) in [7, 11) is -9.11. The van der Waals surface area contributed by atoms with Gasteiger partial charge in [0.2, 0.25) is 20.8 Å². The van der Waals surface area contributed by atoms with Crippen molar-refractivity contribution in [1.29, 1.82) is 0 Å². The number of carbonyl (C=O) groups is 1. The minimum absolute atomic E-state index is 0.0477. The Morgan fingerprint density at radius 3 is 1.88 bits per heavy atom. The molecular formula is C13H26F2N2O7S2. The van der Waals surface area contributed by atoms with E-state index in [0.29, 0.717) is 6.54 Å². The average Bonchev–Trinajstić information content (AvgIpc) is 2.41. The molecule has 0 aromatic rings. The SMILES string of the molecule is C=CC(=O)OCC(O)C[N+](C)(CCC)CCC.O=S(=O)(F)[N-]S(=O)(=O)F. The summed E-state index contributed by atoms with van der Waals surface area (Å²) in [6.07, 6.45) is 2.66. The predicted octanol–water partition coefficient (Wildman–Crippen LogP) is 1.13. The molecule has 0 spiro atoms. The van der Waals surface area contributed by atoms with Crippen LogP contribution in [-0.4, -0.2) is 71.8 Å². The van der Waals surface area contributed by atoms with E-state index in [1.54, 1.807) is 0 Å². The number of hydrogen-bond acceptors (Lipinski definition) is 7. The molecule has 1 N–H and O–H groups in total. The zero-order valence-electron chi connectivity index (χ0n) is 15.0. The Morgan fingerprint density at radius 2 is 1.62 bits per heavy atom. The Hall–Kier alpha value is -1.15. The molecular weight excluding hydrogens is 398 g/mol. The second kappa shape index (κ2) is 12.3. The maximum atomic E-state index is 11.1. The van der Waals surface area contributed by atoms with Gasteiger partial charge in [-0.3, -0.25) is 0 Å². The molecule has 0 aromatic carbocycles. The summed E-state index contributed by atoms with van der Waals surface area (Å²) in [5.74, 6) is -0.482. The molecule has 1 unspecified atom stereocenters. The molecule has 0 rings (SSSR count). The molecule has 0 fully saturated rings. The van der Waals surface area contributed by atoms with Gasteiger partial charge in [-0.05, 0) is 12.8 Å². The summed E-state index contributed by atoms with van der Waals surface area (Å²) in [4.78, 5) is 10.9. The number of aliphatic hydroxyl groups is 1. The fourth-order valence-electron chi connectivity index (χ4n) is 2.28. The molecule has 0 heterocycles. The lowest BCUT2D eigenvalue weighted by atomic mass is 10.2. The Balaban J connectivity index is 0. The number of halogens is 2. The van der Waals surface area contributed by atoms with Crippen LogP contribution in [0.25, 0.3) is 4.13 Å². The third-order valence-electron chi connectivity index (χ3n) is 2.94. The van der Waals surface area contributed by atoms with Crippen molar-refractivity contribution in [3.05, 3.63) is 16.8 Å². The van der Waals surface area contributed by atoms with Crippen LogP contribution in [0.4, 0.5) is 7.77 Å². The lowest BCUT2D eigenvalue weighted by molar-refractivity contribution is -0.912. The summed E-state index contributed by atoms with van der Waals surface area (Å²) >= 11 is 0. The molecule has 26 heavy (non-hydrogen) atoms. The molecule has 9 nitrogen and oxygen atoms in total. The maximum absolute atomic E-state index is 11.1. The maximum Gasteiger partial charge on any atom is 0.330 e. The van der Waals surface area contributed by atoms with E-state index in [0.717, 1.165) is 40.6 Å². The Morgan fingerprint density at radius 1 is 1.19 bits per heavy atom. The lowest BCUT2D eigenvalue weighted by Crippen LogP contribution is -2.50. The molecule has 0 saturated heterocycles. The molecule has 0 aromatic heterocycles. The summed E-state index contributed by atoms with van der Waals surface area (Å²) < 4.78 is 65.7. The van der Waals surface area contributed by atoms with Gasteiger partial charge in [-0.15, -0.1) is 7.77 Å². The highest BCUT2D eigenvalue weighted by Crippen LogP contribution is 2.11. The van der Waals surface area contributed by atoms with Crippen molar-refractivity contribution < 1.29 is 43.7 Å². The first-order valence-corrected chi connectivity index (χ1v) is 10.3. The first-order valence-electron chi connectivity index (χ1n) is 7.62. The van der Waals surface area contributed by atoms with E-state index in [4.69, 9.17) is 4.74 Å². The number of aliphatic hydroxyl groups excluding tert-OH is 1. The third kappa shape index (κ3) is 17.7. The lowest BCUT2D eigenvalue weighted by Gasteiger charge is -2.35. The zero-order valence-corrected chi connectivity index (χ0v) is 16.6.